The van der Waals surface area contributed by atoms with Gasteiger partial charge in [-0.05, 0) is 67.6 Å². The number of oxime groups is 1. The van der Waals surface area contributed by atoms with Crippen molar-refractivity contribution in [3.63, 3.8) is 0 Å². The van der Waals surface area contributed by atoms with Crippen LogP contribution in [0.2, 0.25) is 0 Å². The van der Waals surface area contributed by atoms with Gasteiger partial charge >= 0.3 is 0 Å². The molecule has 3 N–H and O–H groups in total. The molecule has 0 radical (unpaired) electrons. The molecule has 4 heteroatoms. The molecule has 0 bridgehead atoms. The number of hydrogen-bond acceptors (Lipinski definition) is 4. The molecule has 4 nitrogen and oxygen atoms in total. The van der Waals surface area contributed by atoms with Crippen LogP contribution in [0.1, 0.15) is 55.7 Å². The highest BCUT2D eigenvalue weighted by Crippen LogP contribution is 2.40. The maximum Gasteiger partial charge on any atom is 0.142 e. The van der Waals surface area contributed by atoms with Crippen LogP contribution in [0.15, 0.2) is 59.8 Å². The second-order valence-corrected chi connectivity index (χ2v) is 8.03. The first kappa shape index (κ1) is 20.6. The van der Waals surface area contributed by atoms with Gasteiger partial charge in [0.05, 0.1) is 5.71 Å². The Morgan fingerprint density at radius 2 is 1.86 bits per heavy atom. The fraction of sp³-hybridized carbons (Fsp3) is 0.458. The molecule has 1 fully saturated rings. The minimum Gasteiger partial charge on any atom is -0.396 e. The molecule has 1 aliphatic rings. The van der Waals surface area contributed by atoms with E-state index in [1.807, 2.05) is 37.3 Å². The van der Waals surface area contributed by atoms with Gasteiger partial charge in [-0.1, -0.05) is 59.8 Å². The lowest BCUT2D eigenvalue weighted by Gasteiger charge is -2.37. The Bertz CT molecular complexity index is 756. The van der Waals surface area contributed by atoms with Gasteiger partial charge in [0.1, 0.15) is 6.61 Å². The first-order valence-corrected chi connectivity index (χ1v) is 10.3. The van der Waals surface area contributed by atoms with E-state index in [4.69, 9.17) is 10.6 Å². The summed E-state index contributed by atoms with van der Waals surface area (Å²) >= 11 is 0. The van der Waals surface area contributed by atoms with Crippen LogP contribution >= 0.6 is 0 Å². The van der Waals surface area contributed by atoms with Crippen LogP contribution in [-0.4, -0.2) is 23.5 Å². The van der Waals surface area contributed by atoms with Gasteiger partial charge in [-0.3, -0.25) is 0 Å². The quantitative estimate of drug-likeness (QED) is 0.550. The second kappa shape index (κ2) is 9.85. The van der Waals surface area contributed by atoms with Crippen LogP contribution in [0, 0.1) is 11.8 Å². The maximum absolute atomic E-state index is 9.62. The monoisotopic (exact) mass is 380 g/mol. The number of benzene rings is 2. The van der Waals surface area contributed by atoms with Crippen LogP contribution in [0.4, 0.5) is 0 Å². The molecule has 1 saturated carbocycles. The number of hydrogen-bond donors (Lipinski definition) is 2. The van der Waals surface area contributed by atoms with Gasteiger partial charge in [-0.15, -0.1) is 0 Å². The number of nitrogens with two attached hydrogens (primary N) is 1. The van der Waals surface area contributed by atoms with E-state index in [0.717, 1.165) is 36.1 Å². The Morgan fingerprint density at radius 1 is 1.14 bits per heavy atom. The predicted octanol–water partition coefficient (Wildman–Crippen LogP) is 4.47. The molecule has 0 amide bonds. The predicted molar refractivity (Wildman–Crippen MR) is 114 cm³/mol. The Hall–Kier alpha value is -2.17. The van der Waals surface area contributed by atoms with Gasteiger partial charge in [0.2, 0.25) is 0 Å². The van der Waals surface area contributed by atoms with Crippen molar-refractivity contribution >= 4 is 5.71 Å². The van der Waals surface area contributed by atoms with Crippen molar-refractivity contribution < 1.29 is 9.94 Å². The molecule has 3 rings (SSSR count). The zero-order valence-electron chi connectivity index (χ0n) is 16.9. The Balaban J connectivity index is 1.56. The third-order valence-electron chi connectivity index (χ3n) is 6.03. The molecule has 150 valence electrons. The molecule has 1 unspecified atom stereocenters. The van der Waals surface area contributed by atoms with Crippen LogP contribution in [0.5, 0.6) is 0 Å². The molecule has 28 heavy (non-hydrogen) atoms. The molecule has 4 atom stereocenters. The SMILES string of the molecule is C/C(=N\OCc1ccc([C@H]2CC[C@H](CO)C([C@@H](C)N)C2)cc1)c1ccccc1. The average molecular weight is 381 g/mol. The van der Waals surface area contributed by atoms with Crippen molar-refractivity contribution in [2.45, 2.75) is 51.7 Å². The zero-order valence-corrected chi connectivity index (χ0v) is 16.9. The molecule has 0 heterocycles. The molecular weight excluding hydrogens is 348 g/mol. The largest absolute Gasteiger partial charge is 0.396 e. The van der Waals surface area contributed by atoms with Crippen molar-refractivity contribution in [3.05, 3.63) is 71.3 Å². The van der Waals surface area contributed by atoms with Gasteiger partial charge in [0, 0.05) is 12.6 Å². The van der Waals surface area contributed by atoms with Crippen LogP contribution < -0.4 is 5.73 Å². The highest BCUT2D eigenvalue weighted by Gasteiger charge is 2.32. The summed E-state index contributed by atoms with van der Waals surface area (Å²) in [5, 5.41) is 13.8. The molecule has 0 aromatic heterocycles. The normalized spacial score (nSPS) is 24.0. The Labute approximate surface area is 168 Å². The zero-order chi connectivity index (χ0) is 19.9. The topological polar surface area (TPSA) is 67.8 Å². The molecule has 0 saturated heterocycles. The first-order chi connectivity index (χ1) is 13.6. The summed E-state index contributed by atoms with van der Waals surface area (Å²) in [6, 6.07) is 18.8. The molecule has 2 aromatic rings. The van der Waals surface area contributed by atoms with Crippen LogP contribution in [0.3, 0.4) is 0 Å². The summed E-state index contributed by atoms with van der Waals surface area (Å²) in [5.74, 6) is 1.25. The molecule has 0 spiro atoms. The van der Waals surface area contributed by atoms with E-state index in [-0.39, 0.29) is 12.6 Å². The summed E-state index contributed by atoms with van der Waals surface area (Å²) in [7, 11) is 0. The van der Waals surface area contributed by atoms with Gasteiger partial charge in [0.15, 0.2) is 0 Å². The van der Waals surface area contributed by atoms with E-state index in [1.165, 1.54) is 5.56 Å². The second-order valence-electron chi connectivity index (χ2n) is 8.03. The summed E-state index contributed by atoms with van der Waals surface area (Å²) < 4.78 is 0. The van der Waals surface area contributed by atoms with Crippen molar-refractivity contribution in [1.29, 1.82) is 0 Å². The van der Waals surface area contributed by atoms with Crippen molar-refractivity contribution in [2.75, 3.05) is 6.61 Å². The Morgan fingerprint density at radius 3 is 2.50 bits per heavy atom. The standard InChI is InChI=1S/C24H32N2O2/c1-17(25)24-14-22(12-13-23(24)15-27)21-10-8-19(9-11-21)16-28-26-18(2)20-6-4-3-5-7-20/h3-11,17,22-24,27H,12-16,25H2,1-2H3/b26-18+/t17-,22+,23-,24?/m1/s1. The van der Waals surface area contributed by atoms with Gasteiger partial charge in [0.25, 0.3) is 0 Å². The lowest BCUT2D eigenvalue weighted by molar-refractivity contribution is 0.112. The number of rotatable bonds is 7. The summed E-state index contributed by atoms with van der Waals surface area (Å²) in [5.41, 5.74) is 10.6. The van der Waals surface area contributed by atoms with Crippen molar-refractivity contribution in [3.8, 4) is 0 Å². The minimum absolute atomic E-state index is 0.123. The van der Waals surface area contributed by atoms with E-state index in [2.05, 4.69) is 36.3 Å². The van der Waals surface area contributed by atoms with Crippen LogP contribution in [-0.2, 0) is 11.4 Å². The summed E-state index contributed by atoms with van der Waals surface area (Å²) in [6.07, 6.45) is 3.22. The number of nitrogens with zero attached hydrogens (tertiary/aromatic N) is 1. The summed E-state index contributed by atoms with van der Waals surface area (Å²) in [6.45, 7) is 4.73. The van der Waals surface area contributed by atoms with Crippen LogP contribution in [0.25, 0.3) is 0 Å². The molecule has 1 aliphatic carbocycles. The lowest BCUT2D eigenvalue weighted by Crippen LogP contribution is -2.38. The van der Waals surface area contributed by atoms with E-state index in [0.29, 0.717) is 24.4 Å². The molecule has 0 aliphatic heterocycles. The number of aliphatic hydroxyl groups is 1. The number of aliphatic hydroxyl groups excluding tert-OH is 1. The lowest BCUT2D eigenvalue weighted by atomic mass is 9.70. The Kier molecular flexibility index (Phi) is 7.24. The van der Waals surface area contributed by atoms with Gasteiger partial charge in [-0.25, -0.2) is 0 Å². The van der Waals surface area contributed by atoms with E-state index in [9.17, 15) is 5.11 Å². The maximum atomic E-state index is 9.62. The highest BCUT2D eigenvalue weighted by atomic mass is 16.6. The van der Waals surface area contributed by atoms with Gasteiger partial charge < -0.3 is 15.7 Å². The molecule has 2 aromatic carbocycles. The van der Waals surface area contributed by atoms with E-state index < -0.39 is 0 Å². The fourth-order valence-corrected chi connectivity index (χ4v) is 4.26. The van der Waals surface area contributed by atoms with Crippen molar-refractivity contribution in [2.24, 2.45) is 22.7 Å². The highest BCUT2D eigenvalue weighted by molar-refractivity contribution is 5.98. The van der Waals surface area contributed by atoms with Crippen molar-refractivity contribution in [1.82, 2.24) is 0 Å². The third kappa shape index (κ3) is 5.21. The average Bonchev–Trinajstić information content (AvgIpc) is 2.74. The van der Waals surface area contributed by atoms with Gasteiger partial charge in [-0.2, -0.15) is 0 Å². The minimum atomic E-state index is 0.123. The summed E-state index contributed by atoms with van der Waals surface area (Å²) in [4.78, 5) is 5.54. The fourth-order valence-electron chi connectivity index (χ4n) is 4.26. The smallest absolute Gasteiger partial charge is 0.142 e. The van der Waals surface area contributed by atoms with E-state index >= 15 is 0 Å². The first-order valence-electron chi connectivity index (χ1n) is 10.3. The molecular formula is C24H32N2O2. The van der Waals surface area contributed by atoms with E-state index in [1.54, 1.807) is 0 Å². The third-order valence-corrected chi connectivity index (χ3v) is 6.03.